The van der Waals surface area contributed by atoms with Crippen LogP contribution in [0, 0.1) is 6.92 Å². The number of methoxy groups -OCH3 is 2. The molecule has 3 aromatic rings. The number of hydrogen-bond acceptors (Lipinski definition) is 6. The van der Waals surface area contributed by atoms with Crippen LogP contribution in [0.4, 0.5) is 0 Å². The summed E-state index contributed by atoms with van der Waals surface area (Å²) in [6.45, 7) is 6.89. The van der Waals surface area contributed by atoms with Crippen molar-refractivity contribution in [2.45, 2.75) is 39.3 Å². The molecule has 0 unspecified atom stereocenters. The lowest BCUT2D eigenvalue weighted by Crippen LogP contribution is -2.35. The molecule has 1 aliphatic heterocycles. The molecule has 1 aromatic heterocycles. The van der Waals surface area contributed by atoms with Gasteiger partial charge in [-0.3, -0.25) is 19.1 Å². The molecule has 8 heteroatoms. The smallest absolute Gasteiger partial charge is 0.261 e. The van der Waals surface area contributed by atoms with Crippen molar-refractivity contribution >= 4 is 16.8 Å². The van der Waals surface area contributed by atoms with Crippen LogP contribution < -0.4 is 15.0 Å². The molecule has 8 nitrogen and oxygen atoms in total. The summed E-state index contributed by atoms with van der Waals surface area (Å²) < 4.78 is 12.2. The highest BCUT2D eigenvalue weighted by atomic mass is 16.5. The number of ether oxygens (including phenoxy) is 2. The highest BCUT2D eigenvalue weighted by Gasteiger charge is 2.19. The summed E-state index contributed by atoms with van der Waals surface area (Å²) in [5.74, 6) is 1.17. The zero-order chi connectivity index (χ0) is 24.8. The lowest BCUT2D eigenvalue weighted by Gasteiger charge is -2.22. The first-order valence-electron chi connectivity index (χ1n) is 12.2. The Hall–Kier alpha value is -3.39. The summed E-state index contributed by atoms with van der Waals surface area (Å²) in [5.41, 5.74) is 3.06. The monoisotopic (exact) mass is 478 g/mol. The normalized spacial score (nSPS) is 14.7. The Morgan fingerprint density at radius 3 is 2.57 bits per heavy atom. The van der Waals surface area contributed by atoms with Gasteiger partial charge in [0.05, 0.1) is 31.4 Å². The van der Waals surface area contributed by atoms with E-state index in [2.05, 4.69) is 41.1 Å². The molecule has 0 saturated carbocycles. The number of aromatic nitrogens is 2. The molecule has 0 bridgehead atoms. The highest BCUT2D eigenvalue weighted by Crippen LogP contribution is 2.29. The maximum Gasteiger partial charge on any atom is 0.261 e. The van der Waals surface area contributed by atoms with Gasteiger partial charge in [-0.2, -0.15) is 0 Å². The van der Waals surface area contributed by atoms with Crippen LogP contribution in [-0.2, 0) is 17.9 Å². The quantitative estimate of drug-likeness (QED) is 0.495. The third kappa shape index (κ3) is 5.82. The Bertz CT molecular complexity index is 1240. The molecular weight excluding hydrogens is 444 g/mol. The minimum atomic E-state index is -0.148. The van der Waals surface area contributed by atoms with Crippen molar-refractivity contribution in [3.05, 3.63) is 64.2 Å². The molecule has 0 aliphatic carbocycles. The largest absolute Gasteiger partial charge is 0.493 e. The van der Waals surface area contributed by atoms with Crippen molar-refractivity contribution < 1.29 is 14.3 Å². The predicted octanol–water partition coefficient (Wildman–Crippen LogP) is 3.24. The standard InChI is InChI=1S/C27H34N4O4/c1-20-8-4-5-9-21(20)18-29-11-7-13-30(15-14-29)26(32)10-6-12-31-19-28-23-17-25(35-3)24(34-2)16-22(23)27(31)33/h4-5,8-9,16-17,19H,6-7,10-15,18H2,1-3H3. The van der Waals surface area contributed by atoms with E-state index in [0.29, 0.717) is 41.8 Å². The van der Waals surface area contributed by atoms with Gasteiger partial charge in [-0.1, -0.05) is 24.3 Å². The van der Waals surface area contributed by atoms with E-state index in [1.807, 2.05) is 4.90 Å². The van der Waals surface area contributed by atoms with E-state index in [1.54, 1.807) is 23.8 Å². The minimum Gasteiger partial charge on any atom is -0.493 e. The summed E-state index contributed by atoms with van der Waals surface area (Å²) in [7, 11) is 3.09. The number of rotatable bonds is 8. The van der Waals surface area contributed by atoms with Crippen LogP contribution >= 0.6 is 0 Å². The average molecular weight is 479 g/mol. The second-order valence-corrected chi connectivity index (χ2v) is 9.01. The molecule has 2 aromatic carbocycles. The molecule has 1 amide bonds. The number of fused-ring (bicyclic) bond motifs is 1. The fourth-order valence-electron chi connectivity index (χ4n) is 4.61. The molecule has 1 saturated heterocycles. The number of aryl methyl sites for hydroxylation is 2. The van der Waals surface area contributed by atoms with Gasteiger partial charge in [0.15, 0.2) is 11.5 Å². The molecule has 186 valence electrons. The number of amides is 1. The SMILES string of the molecule is COc1cc2ncn(CCCC(=O)N3CCCN(Cc4ccccc4C)CC3)c(=O)c2cc1OC. The van der Waals surface area contributed by atoms with Gasteiger partial charge < -0.3 is 14.4 Å². The Balaban J connectivity index is 1.32. The average Bonchev–Trinajstić information content (AvgIpc) is 3.11. The topological polar surface area (TPSA) is 76.9 Å². The summed E-state index contributed by atoms with van der Waals surface area (Å²) in [4.78, 5) is 34.6. The van der Waals surface area contributed by atoms with Crippen LogP contribution in [0.3, 0.4) is 0 Å². The number of carbonyl (C=O) groups excluding carboxylic acids is 1. The fourth-order valence-corrected chi connectivity index (χ4v) is 4.61. The summed E-state index contributed by atoms with van der Waals surface area (Å²) in [6, 6.07) is 11.8. The first kappa shape index (κ1) is 24.7. The molecular formula is C27H34N4O4. The van der Waals surface area contributed by atoms with E-state index in [-0.39, 0.29) is 11.5 Å². The van der Waals surface area contributed by atoms with Crippen LogP contribution in [0.5, 0.6) is 11.5 Å². The van der Waals surface area contributed by atoms with E-state index in [4.69, 9.17) is 9.47 Å². The lowest BCUT2D eigenvalue weighted by atomic mass is 10.1. The first-order chi connectivity index (χ1) is 17.0. The van der Waals surface area contributed by atoms with Crippen molar-refractivity contribution in [1.29, 1.82) is 0 Å². The third-order valence-electron chi connectivity index (χ3n) is 6.72. The van der Waals surface area contributed by atoms with E-state index in [0.717, 1.165) is 39.1 Å². The van der Waals surface area contributed by atoms with Gasteiger partial charge in [-0.15, -0.1) is 0 Å². The molecule has 2 heterocycles. The van der Waals surface area contributed by atoms with Gasteiger partial charge in [-0.25, -0.2) is 4.98 Å². The minimum absolute atomic E-state index is 0.148. The van der Waals surface area contributed by atoms with Crippen LogP contribution in [0.25, 0.3) is 10.9 Å². The zero-order valence-electron chi connectivity index (χ0n) is 20.8. The van der Waals surface area contributed by atoms with Gasteiger partial charge in [-0.05, 0) is 37.0 Å². The molecule has 0 radical (unpaired) electrons. The van der Waals surface area contributed by atoms with Crippen molar-refractivity contribution in [1.82, 2.24) is 19.4 Å². The summed E-state index contributed by atoms with van der Waals surface area (Å²) in [6.07, 6.45) is 3.50. The van der Waals surface area contributed by atoms with Crippen molar-refractivity contribution in [2.75, 3.05) is 40.4 Å². The molecule has 0 atom stereocenters. The molecule has 35 heavy (non-hydrogen) atoms. The van der Waals surface area contributed by atoms with Gasteiger partial charge in [0.2, 0.25) is 5.91 Å². The molecule has 1 aliphatic rings. The molecule has 0 N–H and O–H groups in total. The van der Waals surface area contributed by atoms with Crippen LogP contribution in [0.1, 0.15) is 30.4 Å². The van der Waals surface area contributed by atoms with E-state index in [9.17, 15) is 9.59 Å². The number of benzene rings is 2. The number of nitrogens with zero attached hydrogens (tertiary/aromatic N) is 4. The zero-order valence-corrected chi connectivity index (χ0v) is 20.8. The van der Waals surface area contributed by atoms with Crippen LogP contribution in [0.15, 0.2) is 47.5 Å². The second-order valence-electron chi connectivity index (χ2n) is 9.01. The molecule has 0 spiro atoms. The Morgan fingerprint density at radius 2 is 1.80 bits per heavy atom. The maximum absolute atomic E-state index is 13.0. The molecule has 4 rings (SSSR count). The predicted molar refractivity (Wildman–Crippen MR) is 136 cm³/mol. The van der Waals surface area contributed by atoms with Crippen LogP contribution in [0.2, 0.25) is 0 Å². The molecule has 1 fully saturated rings. The third-order valence-corrected chi connectivity index (χ3v) is 6.72. The van der Waals surface area contributed by atoms with Gasteiger partial charge in [0.1, 0.15) is 0 Å². The van der Waals surface area contributed by atoms with Gasteiger partial charge in [0.25, 0.3) is 5.56 Å². The van der Waals surface area contributed by atoms with Crippen molar-refractivity contribution in [3.8, 4) is 11.5 Å². The summed E-state index contributed by atoms with van der Waals surface area (Å²) >= 11 is 0. The van der Waals surface area contributed by atoms with Crippen molar-refractivity contribution in [2.24, 2.45) is 0 Å². The lowest BCUT2D eigenvalue weighted by molar-refractivity contribution is -0.131. The van der Waals surface area contributed by atoms with E-state index in [1.165, 1.54) is 24.6 Å². The van der Waals surface area contributed by atoms with E-state index < -0.39 is 0 Å². The Morgan fingerprint density at radius 1 is 1.03 bits per heavy atom. The van der Waals surface area contributed by atoms with Gasteiger partial charge in [0, 0.05) is 51.8 Å². The van der Waals surface area contributed by atoms with Crippen LogP contribution in [-0.4, -0.2) is 65.7 Å². The Kier molecular flexibility index (Phi) is 8.02. The van der Waals surface area contributed by atoms with Gasteiger partial charge >= 0.3 is 0 Å². The second kappa shape index (κ2) is 11.4. The maximum atomic E-state index is 13.0. The number of carbonyl (C=O) groups is 1. The number of hydrogen-bond donors (Lipinski definition) is 0. The van der Waals surface area contributed by atoms with Crippen molar-refractivity contribution in [3.63, 3.8) is 0 Å². The highest BCUT2D eigenvalue weighted by molar-refractivity contribution is 5.81. The Labute approximate surface area is 206 Å². The first-order valence-corrected chi connectivity index (χ1v) is 12.2. The fraction of sp³-hybridized carbons (Fsp3) is 0.444. The summed E-state index contributed by atoms with van der Waals surface area (Å²) in [5, 5.41) is 0.470. The van der Waals surface area contributed by atoms with E-state index >= 15 is 0 Å².